The maximum absolute atomic E-state index is 11.5. The molecule has 0 bridgehead atoms. The van der Waals surface area contributed by atoms with Crippen LogP contribution in [0.3, 0.4) is 0 Å². The van der Waals surface area contributed by atoms with Crippen LogP contribution >= 0.6 is 12.4 Å². The largest absolute Gasteiger partial charge is 0.507 e. The van der Waals surface area contributed by atoms with Gasteiger partial charge in [0.25, 0.3) is 0 Å². The van der Waals surface area contributed by atoms with Crippen molar-refractivity contribution in [3.05, 3.63) is 48.0 Å². The average Bonchev–Trinajstić information content (AvgIpc) is 2.64. The van der Waals surface area contributed by atoms with E-state index in [0.29, 0.717) is 23.7 Å². The minimum Gasteiger partial charge on any atom is -0.507 e. The van der Waals surface area contributed by atoms with Crippen LogP contribution in [0.2, 0.25) is 0 Å². The number of hydrogen-bond acceptors (Lipinski definition) is 7. The van der Waals surface area contributed by atoms with E-state index < -0.39 is 26.8 Å². The summed E-state index contributed by atoms with van der Waals surface area (Å²) in [7, 11) is -4.08. The van der Waals surface area contributed by atoms with Crippen molar-refractivity contribution >= 4 is 22.4 Å². The second-order valence-corrected chi connectivity index (χ2v) is 7.93. The number of halogens is 1. The molecule has 3 unspecified atom stereocenters. The molecule has 3 atom stereocenters. The molecule has 0 amide bonds. The highest BCUT2D eigenvalue weighted by molar-refractivity contribution is 7.89. The molecule has 10 heteroatoms. The van der Waals surface area contributed by atoms with E-state index >= 15 is 0 Å². The van der Waals surface area contributed by atoms with Crippen LogP contribution in [-0.2, 0) is 10.0 Å². The van der Waals surface area contributed by atoms with E-state index in [1.165, 1.54) is 12.1 Å². The molecule has 0 radical (unpaired) electrons. The van der Waals surface area contributed by atoms with Crippen LogP contribution in [-0.4, -0.2) is 43.9 Å². The van der Waals surface area contributed by atoms with Crippen LogP contribution in [0.1, 0.15) is 18.6 Å². The van der Waals surface area contributed by atoms with Gasteiger partial charge in [0.05, 0.1) is 6.10 Å². The number of phenolic OH excluding ortho intramolecular Hbond substituents is 1. The lowest BCUT2D eigenvalue weighted by Crippen LogP contribution is -2.47. The summed E-state index contributed by atoms with van der Waals surface area (Å²) in [6.07, 6.45) is -1.24. The molecule has 5 N–H and O–H groups in total. The van der Waals surface area contributed by atoms with Crippen molar-refractivity contribution in [2.24, 2.45) is 5.14 Å². The summed E-state index contributed by atoms with van der Waals surface area (Å²) in [5.41, 5.74) is 0.322. The number of benzene rings is 2. The predicted molar refractivity (Wildman–Crippen MR) is 106 cm³/mol. The molecule has 0 saturated carbocycles. The van der Waals surface area contributed by atoms with Gasteiger partial charge in [0.15, 0.2) is 11.5 Å². The molecule has 154 valence electrons. The van der Waals surface area contributed by atoms with E-state index in [0.717, 1.165) is 6.07 Å². The molecule has 8 nitrogen and oxygen atoms in total. The van der Waals surface area contributed by atoms with Crippen LogP contribution < -0.4 is 19.9 Å². The fourth-order valence-electron chi connectivity index (χ4n) is 2.79. The molecule has 28 heavy (non-hydrogen) atoms. The molecular formula is C18H23ClN2O6S. The number of primary sulfonamides is 1. The SMILES string of the molecule is CC(NCC(O)c1ccc(O)c(S(N)(=O)=O)c1)C1COc2ccccc2O1.Cl. The van der Waals surface area contributed by atoms with E-state index in [2.05, 4.69) is 5.32 Å². The first-order valence-corrected chi connectivity index (χ1v) is 9.96. The maximum atomic E-state index is 11.5. The molecule has 2 aromatic rings. The highest BCUT2D eigenvalue weighted by Gasteiger charge is 2.26. The quantitative estimate of drug-likeness (QED) is 0.543. The number of aromatic hydroxyl groups is 1. The summed E-state index contributed by atoms with van der Waals surface area (Å²) in [5.74, 6) is 0.904. The van der Waals surface area contributed by atoms with Gasteiger partial charge in [-0.3, -0.25) is 0 Å². The lowest BCUT2D eigenvalue weighted by Gasteiger charge is -2.31. The van der Waals surface area contributed by atoms with E-state index in [1.54, 1.807) is 0 Å². The first-order chi connectivity index (χ1) is 12.8. The third kappa shape index (κ3) is 5.06. The number of nitrogens with one attached hydrogen (secondary N) is 1. The van der Waals surface area contributed by atoms with Crippen LogP contribution in [0.15, 0.2) is 47.4 Å². The van der Waals surface area contributed by atoms with Crippen LogP contribution in [0.4, 0.5) is 0 Å². The minimum atomic E-state index is -4.08. The molecule has 1 aliphatic rings. The molecule has 0 aliphatic carbocycles. The molecule has 0 aromatic heterocycles. The zero-order valence-corrected chi connectivity index (χ0v) is 16.7. The number of aliphatic hydroxyl groups excluding tert-OH is 1. The molecule has 3 rings (SSSR count). The van der Waals surface area contributed by atoms with E-state index in [-0.39, 0.29) is 31.1 Å². The fraction of sp³-hybridized carbons (Fsp3) is 0.333. The van der Waals surface area contributed by atoms with Gasteiger partial charge < -0.3 is 25.0 Å². The van der Waals surface area contributed by atoms with Crippen molar-refractivity contribution in [2.45, 2.75) is 30.1 Å². The van der Waals surface area contributed by atoms with Crippen molar-refractivity contribution in [3.8, 4) is 17.2 Å². The topological polar surface area (TPSA) is 131 Å². The van der Waals surface area contributed by atoms with Gasteiger partial charge in [-0.05, 0) is 36.8 Å². The van der Waals surface area contributed by atoms with E-state index in [9.17, 15) is 18.6 Å². The zero-order chi connectivity index (χ0) is 19.6. The maximum Gasteiger partial charge on any atom is 0.241 e. The van der Waals surface area contributed by atoms with Gasteiger partial charge in [0, 0.05) is 12.6 Å². The average molecular weight is 431 g/mol. The first kappa shape index (κ1) is 22.3. The summed E-state index contributed by atoms with van der Waals surface area (Å²) < 4.78 is 34.6. The smallest absolute Gasteiger partial charge is 0.241 e. The number of sulfonamides is 1. The van der Waals surface area contributed by atoms with Gasteiger partial charge in [0.1, 0.15) is 23.4 Å². The zero-order valence-electron chi connectivity index (χ0n) is 15.1. The highest BCUT2D eigenvalue weighted by Crippen LogP contribution is 2.31. The summed E-state index contributed by atoms with van der Waals surface area (Å²) in [5, 5.41) is 28.2. The Labute approximate surface area is 169 Å². The third-order valence-electron chi connectivity index (χ3n) is 4.40. The summed E-state index contributed by atoms with van der Waals surface area (Å²) in [4.78, 5) is -0.423. The second-order valence-electron chi connectivity index (χ2n) is 6.40. The van der Waals surface area contributed by atoms with E-state index in [4.69, 9.17) is 14.6 Å². The number of nitrogens with two attached hydrogens (primary N) is 1. The number of para-hydroxylation sites is 2. The van der Waals surface area contributed by atoms with Gasteiger partial charge in [-0.2, -0.15) is 0 Å². The molecule has 2 aromatic carbocycles. The standard InChI is InChI=1S/C18H22N2O6S.ClH/c1-11(17-10-25-15-4-2-3-5-16(15)26-17)20-9-14(22)12-6-7-13(21)18(8-12)27(19,23)24;/h2-8,11,14,17,20-22H,9-10H2,1H3,(H2,19,23,24);1H. The van der Waals surface area contributed by atoms with Gasteiger partial charge in [-0.15, -0.1) is 12.4 Å². The van der Waals surface area contributed by atoms with Crippen molar-refractivity contribution in [3.63, 3.8) is 0 Å². The molecule has 0 spiro atoms. The molecule has 0 saturated heterocycles. The molecule has 1 heterocycles. The number of ether oxygens (including phenoxy) is 2. The molecule has 1 aliphatic heterocycles. The molecule has 0 fully saturated rings. The van der Waals surface area contributed by atoms with Crippen molar-refractivity contribution < 1.29 is 28.1 Å². The number of phenols is 1. The number of aliphatic hydroxyl groups is 1. The Hall–Kier alpha value is -2.04. The Balaban J connectivity index is 0.00000280. The number of fused-ring (bicyclic) bond motifs is 1. The Morgan fingerprint density at radius 3 is 2.61 bits per heavy atom. The first-order valence-electron chi connectivity index (χ1n) is 8.41. The van der Waals surface area contributed by atoms with Crippen molar-refractivity contribution in [1.82, 2.24) is 5.32 Å². The summed E-state index contributed by atoms with van der Waals surface area (Å²) in [6, 6.07) is 11.1. The Bertz CT molecular complexity index is 924. The normalized spacial score (nSPS) is 18.0. The lowest BCUT2D eigenvalue weighted by molar-refractivity contribution is 0.0612. The highest BCUT2D eigenvalue weighted by atomic mass is 35.5. The Morgan fingerprint density at radius 2 is 1.93 bits per heavy atom. The van der Waals surface area contributed by atoms with Gasteiger partial charge in [0.2, 0.25) is 10.0 Å². The summed E-state index contributed by atoms with van der Waals surface area (Å²) >= 11 is 0. The van der Waals surface area contributed by atoms with Gasteiger partial charge in [-0.25, -0.2) is 13.6 Å². The van der Waals surface area contributed by atoms with Gasteiger partial charge >= 0.3 is 0 Å². The van der Waals surface area contributed by atoms with Gasteiger partial charge in [-0.1, -0.05) is 18.2 Å². The molecular weight excluding hydrogens is 408 g/mol. The van der Waals surface area contributed by atoms with Crippen molar-refractivity contribution in [2.75, 3.05) is 13.2 Å². The lowest BCUT2D eigenvalue weighted by atomic mass is 10.1. The summed E-state index contributed by atoms with van der Waals surface area (Å²) in [6.45, 7) is 2.43. The third-order valence-corrected chi connectivity index (χ3v) is 5.34. The second kappa shape index (κ2) is 8.97. The van der Waals surface area contributed by atoms with Crippen LogP contribution in [0, 0.1) is 0 Å². The monoisotopic (exact) mass is 430 g/mol. The predicted octanol–water partition coefficient (Wildman–Crippen LogP) is 1.31. The number of hydrogen-bond donors (Lipinski definition) is 4. The minimum absolute atomic E-state index is 0. The number of rotatable bonds is 6. The Morgan fingerprint density at radius 1 is 1.25 bits per heavy atom. The van der Waals surface area contributed by atoms with E-state index in [1.807, 2.05) is 31.2 Å². The fourth-order valence-corrected chi connectivity index (χ4v) is 3.45. The Kier molecular flexibility index (Phi) is 7.13. The van der Waals surface area contributed by atoms with Crippen molar-refractivity contribution in [1.29, 1.82) is 0 Å². The van der Waals surface area contributed by atoms with Crippen LogP contribution in [0.25, 0.3) is 0 Å². The van der Waals surface area contributed by atoms with Crippen LogP contribution in [0.5, 0.6) is 17.2 Å².